The van der Waals surface area contributed by atoms with Crippen LogP contribution in [0.1, 0.15) is 15.9 Å². The van der Waals surface area contributed by atoms with Gasteiger partial charge >= 0.3 is 0 Å². The summed E-state index contributed by atoms with van der Waals surface area (Å²) in [6, 6.07) is 5.66. The predicted molar refractivity (Wildman–Crippen MR) is 56.2 cm³/mol. The molecule has 0 aromatic heterocycles. The van der Waals surface area contributed by atoms with Crippen molar-refractivity contribution in [2.24, 2.45) is 0 Å². The molecule has 0 amide bonds. The Morgan fingerprint density at radius 3 is 2.46 bits per heavy atom. The number of anilines is 1. The van der Waals surface area contributed by atoms with Gasteiger partial charge in [0.2, 0.25) is 0 Å². The normalized spacial score (nSPS) is 9.38. The van der Waals surface area contributed by atoms with Crippen LogP contribution >= 0.6 is 0 Å². The molecule has 0 heterocycles. The van der Waals surface area contributed by atoms with Gasteiger partial charge in [-0.15, -0.1) is 0 Å². The summed E-state index contributed by atoms with van der Waals surface area (Å²) in [5, 5.41) is 0. The molecule has 0 aliphatic heterocycles. The zero-order valence-electron chi connectivity index (χ0n) is 7.95. The number of benzene rings is 1. The zero-order valence-corrected chi connectivity index (χ0v) is 7.95. The van der Waals surface area contributed by atoms with E-state index in [2.05, 4.69) is 6.58 Å². The van der Waals surface area contributed by atoms with Gasteiger partial charge in [0.1, 0.15) is 0 Å². The maximum absolute atomic E-state index is 10.6. The Hall–Kier alpha value is -1.57. The van der Waals surface area contributed by atoms with Crippen molar-refractivity contribution < 1.29 is 4.79 Å². The molecule has 0 aliphatic rings. The summed E-state index contributed by atoms with van der Waals surface area (Å²) in [4.78, 5) is 12.6. The van der Waals surface area contributed by atoms with Crippen molar-refractivity contribution in [3.05, 3.63) is 35.9 Å². The van der Waals surface area contributed by atoms with Crippen LogP contribution in [0, 0.1) is 0 Å². The summed E-state index contributed by atoms with van der Waals surface area (Å²) in [5.74, 6) is 0. The number of carbonyl (C=O) groups is 1. The van der Waals surface area contributed by atoms with Crippen molar-refractivity contribution in [2.45, 2.75) is 0 Å². The number of hydrogen-bond donors (Lipinski definition) is 0. The second-order valence-electron chi connectivity index (χ2n) is 3.03. The highest BCUT2D eigenvalue weighted by atomic mass is 16.1. The van der Waals surface area contributed by atoms with Crippen LogP contribution in [0.5, 0.6) is 0 Å². The molecule has 2 nitrogen and oxygen atoms in total. The van der Waals surface area contributed by atoms with Crippen molar-refractivity contribution in [1.82, 2.24) is 0 Å². The molecule has 68 valence electrons. The van der Waals surface area contributed by atoms with Crippen LogP contribution in [0.25, 0.3) is 6.08 Å². The summed E-state index contributed by atoms with van der Waals surface area (Å²) in [6.45, 7) is 3.66. The lowest BCUT2D eigenvalue weighted by Crippen LogP contribution is -2.08. The van der Waals surface area contributed by atoms with Crippen LogP contribution in [0.3, 0.4) is 0 Å². The molecule has 13 heavy (non-hydrogen) atoms. The molecular weight excluding hydrogens is 162 g/mol. The molecule has 0 fully saturated rings. The first kappa shape index (κ1) is 9.52. The van der Waals surface area contributed by atoms with Gasteiger partial charge in [0.25, 0.3) is 0 Å². The van der Waals surface area contributed by atoms with E-state index in [0.717, 1.165) is 17.5 Å². The first-order chi connectivity index (χ1) is 6.19. The van der Waals surface area contributed by atoms with Gasteiger partial charge < -0.3 is 4.90 Å². The summed E-state index contributed by atoms with van der Waals surface area (Å²) < 4.78 is 0. The number of nitrogens with zero attached hydrogens (tertiary/aromatic N) is 1. The van der Waals surface area contributed by atoms with Crippen LogP contribution in [0.15, 0.2) is 24.8 Å². The molecule has 1 aromatic rings. The Morgan fingerprint density at radius 2 is 2.00 bits per heavy atom. The minimum absolute atomic E-state index is 0.681. The Labute approximate surface area is 78.5 Å². The van der Waals surface area contributed by atoms with Crippen molar-refractivity contribution in [1.29, 1.82) is 0 Å². The van der Waals surface area contributed by atoms with Crippen molar-refractivity contribution >= 4 is 18.0 Å². The Bertz CT molecular complexity index is 329. The fourth-order valence-electron chi connectivity index (χ4n) is 1.12. The average Bonchev–Trinajstić information content (AvgIpc) is 2.16. The van der Waals surface area contributed by atoms with Gasteiger partial charge in [-0.1, -0.05) is 12.7 Å². The molecule has 0 aliphatic carbocycles. The Morgan fingerprint density at radius 1 is 1.31 bits per heavy atom. The lowest BCUT2D eigenvalue weighted by Gasteiger charge is -2.13. The maximum Gasteiger partial charge on any atom is 0.150 e. The third-order valence-corrected chi connectivity index (χ3v) is 1.93. The molecule has 0 saturated heterocycles. The van der Waals surface area contributed by atoms with E-state index < -0.39 is 0 Å². The summed E-state index contributed by atoms with van der Waals surface area (Å²) >= 11 is 0. The molecule has 1 rings (SSSR count). The van der Waals surface area contributed by atoms with Crippen LogP contribution in [0.4, 0.5) is 5.69 Å². The van der Waals surface area contributed by atoms with Crippen LogP contribution in [-0.2, 0) is 0 Å². The highest BCUT2D eigenvalue weighted by molar-refractivity contribution is 5.83. The van der Waals surface area contributed by atoms with Gasteiger partial charge in [-0.2, -0.15) is 0 Å². The monoisotopic (exact) mass is 175 g/mol. The van der Waals surface area contributed by atoms with Gasteiger partial charge in [0.15, 0.2) is 6.29 Å². The smallest absolute Gasteiger partial charge is 0.150 e. The van der Waals surface area contributed by atoms with Gasteiger partial charge in [-0.25, -0.2) is 0 Å². The van der Waals surface area contributed by atoms with Gasteiger partial charge in [-0.3, -0.25) is 4.79 Å². The fourth-order valence-corrected chi connectivity index (χ4v) is 1.12. The Kier molecular flexibility index (Phi) is 2.85. The molecule has 1 aromatic carbocycles. The quantitative estimate of drug-likeness (QED) is 0.656. The van der Waals surface area contributed by atoms with E-state index in [0.29, 0.717) is 5.56 Å². The molecule has 0 atom stereocenters. The summed E-state index contributed by atoms with van der Waals surface area (Å²) in [5.41, 5.74) is 2.63. The topological polar surface area (TPSA) is 20.3 Å². The van der Waals surface area contributed by atoms with E-state index in [4.69, 9.17) is 0 Å². The first-order valence-corrected chi connectivity index (χ1v) is 4.08. The molecular formula is C11H13NO. The minimum Gasteiger partial charge on any atom is -0.378 e. The third kappa shape index (κ3) is 1.96. The van der Waals surface area contributed by atoms with Crippen LogP contribution in [0.2, 0.25) is 0 Å². The van der Waals surface area contributed by atoms with E-state index in [9.17, 15) is 4.79 Å². The highest BCUT2D eigenvalue weighted by Crippen LogP contribution is 2.17. The van der Waals surface area contributed by atoms with E-state index in [1.54, 1.807) is 12.1 Å². The van der Waals surface area contributed by atoms with E-state index in [1.165, 1.54) is 0 Å². The van der Waals surface area contributed by atoms with Crippen molar-refractivity contribution in [2.75, 3.05) is 19.0 Å². The highest BCUT2D eigenvalue weighted by Gasteiger charge is 2.00. The lowest BCUT2D eigenvalue weighted by molar-refractivity contribution is 0.112. The summed E-state index contributed by atoms with van der Waals surface area (Å²) in [6.07, 6.45) is 2.53. The number of carbonyl (C=O) groups excluding carboxylic acids is 1. The average molecular weight is 175 g/mol. The SMILES string of the molecule is C=Cc1cc(N(C)C)ccc1C=O. The third-order valence-electron chi connectivity index (χ3n) is 1.93. The Balaban J connectivity index is 3.20. The zero-order chi connectivity index (χ0) is 9.84. The molecule has 0 bridgehead atoms. The second-order valence-corrected chi connectivity index (χ2v) is 3.03. The maximum atomic E-state index is 10.6. The van der Waals surface area contributed by atoms with Crippen molar-refractivity contribution in [3.63, 3.8) is 0 Å². The molecule has 0 spiro atoms. The molecule has 0 N–H and O–H groups in total. The molecule has 0 saturated carbocycles. The number of aldehydes is 1. The number of hydrogen-bond acceptors (Lipinski definition) is 2. The lowest BCUT2D eigenvalue weighted by atomic mass is 10.1. The number of rotatable bonds is 3. The standard InChI is InChI=1S/C11H13NO/c1-4-9-7-11(12(2)3)6-5-10(9)8-13/h4-8H,1H2,2-3H3. The fraction of sp³-hybridized carbons (Fsp3) is 0.182. The van der Waals surface area contributed by atoms with Gasteiger partial charge in [-0.05, 0) is 23.8 Å². The second kappa shape index (κ2) is 3.90. The molecule has 0 unspecified atom stereocenters. The van der Waals surface area contributed by atoms with Crippen molar-refractivity contribution in [3.8, 4) is 0 Å². The molecule has 2 heteroatoms. The van der Waals surface area contributed by atoms with E-state index in [1.807, 2.05) is 31.1 Å². The van der Waals surface area contributed by atoms with E-state index >= 15 is 0 Å². The summed E-state index contributed by atoms with van der Waals surface area (Å²) in [7, 11) is 3.92. The largest absolute Gasteiger partial charge is 0.378 e. The van der Waals surface area contributed by atoms with E-state index in [-0.39, 0.29) is 0 Å². The van der Waals surface area contributed by atoms with Gasteiger partial charge in [0.05, 0.1) is 0 Å². The minimum atomic E-state index is 0.681. The van der Waals surface area contributed by atoms with Crippen LogP contribution in [-0.4, -0.2) is 20.4 Å². The van der Waals surface area contributed by atoms with Gasteiger partial charge in [0, 0.05) is 25.3 Å². The van der Waals surface area contributed by atoms with Crippen LogP contribution < -0.4 is 4.90 Å². The predicted octanol–water partition coefficient (Wildman–Crippen LogP) is 2.21. The molecule has 0 radical (unpaired) electrons. The first-order valence-electron chi connectivity index (χ1n) is 4.08.